The first-order chi connectivity index (χ1) is 14.9. The Kier molecular flexibility index (Phi) is 7.06. The standard InChI is InChI=1S/C25H24N2O4/c1-3-31-22-13-9-18(10-14-22)15-23(25(30)26-20-5-4-6-21(28)16-20)27-24(29)19-11-7-17(2)8-12-19/h4-16,28H,3H2,1-2H3,(H,26,30)(H,27,29). The van der Waals surface area contributed by atoms with Crippen molar-refractivity contribution in [1.82, 2.24) is 5.32 Å². The maximum absolute atomic E-state index is 12.9. The molecule has 0 heterocycles. The van der Waals surface area contributed by atoms with Crippen molar-refractivity contribution in [3.8, 4) is 11.5 Å². The maximum atomic E-state index is 12.9. The minimum Gasteiger partial charge on any atom is -0.508 e. The summed E-state index contributed by atoms with van der Waals surface area (Å²) >= 11 is 0. The van der Waals surface area contributed by atoms with Crippen LogP contribution in [0.15, 0.2) is 78.5 Å². The summed E-state index contributed by atoms with van der Waals surface area (Å²) < 4.78 is 5.44. The van der Waals surface area contributed by atoms with Crippen LogP contribution < -0.4 is 15.4 Å². The fraction of sp³-hybridized carbons (Fsp3) is 0.120. The van der Waals surface area contributed by atoms with E-state index in [4.69, 9.17) is 4.74 Å². The molecule has 3 N–H and O–H groups in total. The molecule has 0 fully saturated rings. The lowest BCUT2D eigenvalue weighted by molar-refractivity contribution is -0.113. The van der Waals surface area contributed by atoms with Gasteiger partial charge >= 0.3 is 0 Å². The molecule has 0 aromatic heterocycles. The number of hydrogen-bond acceptors (Lipinski definition) is 4. The number of rotatable bonds is 7. The highest BCUT2D eigenvalue weighted by atomic mass is 16.5. The Balaban J connectivity index is 1.87. The van der Waals surface area contributed by atoms with Crippen LogP contribution in [0.4, 0.5) is 5.69 Å². The molecular formula is C25H24N2O4. The molecule has 0 bridgehead atoms. The summed E-state index contributed by atoms with van der Waals surface area (Å²) in [7, 11) is 0. The number of nitrogens with one attached hydrogen (secondary N) is 2. The first kappa shape index (κ1) is 21.6. The molecule has 158 valence electrons. The molecule has 0 radical (unpaired) electrons. The van der Waals surface area contributed by atoms with Crippen LogP contribution in [0.1, 0.15) is 28.4 Å². The van der Waals surface area contributed by atoms with Crippen LogP contribution in [0.25, 0.3) is 6.08 Å². The Morgan fingerprint density at radius 3 is 2.35 bits per heavy atom. The monoisotopic (exact) mass is 416 g/mol. The smallest absolute Gasteiger partial charge is 0.272 e. The fourth-order valence-corrected chi connectivity index (χ4v) is 2.83. The molecule has 3 rings (SSSR count). The predicted octanol–water partition coefficient (Wildman–Crippen LogP) is 4.51. The normalized spacial score (nSPS) is 11.0. The average molecular weight is 416 g/mol. The van der Waals surface area contributed by atoms with Crippen LogP contribution in [0.2, 0.25) is 0 Å². The van der Waals surface area contributed by atoms with E-state index in [9.17, 15) is 14.7 Å². The highest BCUT2D eigenvalue weighted by molar-refractivity contribution is 6.10. The van der Waals surface area contributed by atoms with Crippen molar-refractivity contribution in [1.29, 1.82) is 0 Å². The zero-order valence-electron chi connectivity index (χ0n) is 17.4. The second-order valence-electron chi connectivity index (χ2n) is 6.88. The van der Waals surface area contributed by atoms with Crippen molar-refractivity contribution < 1.29 is 19.4 Å². The molecule has 0 spiro atoms. The lowest BCUT2D eigenvalue weighted by Gasteiger charge is -2.12. The van der Waals surface area contributed by atoms with Gasteiger partial charge in [-0.2, -0.15) is 0 Å². The van der Waals surface area contributed by atoms with Crippen molar-refractivity contribution in [3.63, 3.8) is 0 Å². The minimum atomic E-state index is -0.514. The molecule has 0 saturated heterocycles. The Bertz CT molecular complexity index is 1090. The Morgan fingerprint density at radius 2 is 1.71 bits per heavy atom. The van der Waals surface area contributed by atoms with Gasteiger partial charge in [0, 0.05) is 17.3 Å². The Morgan fingerprint density at radius 1 is 1.00 bits per heavy atom. The van der Waals surface area contributed by atoms with E-state index in [1.54, 1.807) is 54.6 Å². The van der Waals surface area contributed by atoms with Gasteiger partial charge in [-0.15, -0.1) is 0 Å². The van der Waals surface area contributed by atoms with Crippen LogP contribution in [-0.2, 0) is 4.79 Å². The zero-order chi connectivity index (χ0) is 22.2. The minimum absolute atomic E-state index is 0.0264. The van der Waals surface area contributed by atoms with Crippen molar-refractivity contribution in [2.24, 2.45) is 0 Å². The number of carbonyl (C=O) groups excluding carboxylic acids is 2. The van der Waals surface area contributed by atoms with Gasteiger partial charge in [0.25, 0.3) is 11.8 Å². The molecule has 0 saturated carbocycles. The number of phenolic OH excluding ortho intramolecular Hbond substituents is 1. The number of anilines is 1. The van der Waals surface area contributed by atoms with Crippen molar-refractivity contribution in [2.45, 2.75) is 13.8 Å². The third kappa shape index (κ3) is 6.21. The summed E-state index contributed by atoms with van der Waals surface area (Å²) in [6.07, 6.45) is 1.58. The van der Waals surface area contributed by atoms with Crippen LogP contribution in [0, 0.1) is 6.92 Å². The number of ether oxygens (including phenoxy) is 1. The highest BCUT2D eigenvalue weighted by Crippen LogP contribution is 2.18. The van der Waals surface area contributed by atoms with Gasteiger partial charge in [0.1, 0.15) is 17.2 Å². The molecule has 0 unspecified atom stereocenters. The first-order valence-corrected chi connectivity index (χ1v) is 9.87. The molecule has 0 aliphatic heterocycles. The Labute approximate surface area is 181 Å². The molecule has 31 heavy (non-hydrogen) atoms. The van der Waals surface area contributed by atoms with E-state index >= 15 is 0 Å². The number of aryl methyl sites for hydroxylation is 1. The van der Waals surface area contributed by atoms with Gasteiger partial charge in [0.05, 0.1) is 6.61 Å². The number of carbonyl (C=O) groups is 2. The largest absolute Gasteiger partial charge is 0.508 e. The van der Waals surface area contributed by atoms with Gasteiger partial charge in [-0.05, 0) is 61.9 Å². The summed E-state index contributed by atoms with van der Waals surface area (Å²) in [5, 5.41) is 15.0. The third-order valence-corrected chi connectivity index (χ3v) is 4.41. The van der Waals surface area contributed by atoms with Crippen LogP contribution >= 0.6 is 0 Å². The SMILES string of the molecule is CCOc1ccc(C=C(NC(=O)c2ccc(C)cc2)C(=O)Nc2cccc(O)c2)cc1. The topological polar surface area (TPSA) is 87.7 Å². The number of benzene rings is 3. The second kappa shape index (κ2) is 10.1. The second-order valence-corrected chi connectivity index (χ2v) is 6.88. The van der Waals surface area contributed by atoms with E-state index in [-0.39, 0.29) is 11.4 Å². The molecule has 3 aromatic carbocycles. The molecule has 3 aromatic rings. The van der Waals surface area contributed by atoms with Gasteiger partial charge in [-0.25, -0.2) is 0 Å². The quantitative estimate of drug-likeness (QED) is 0.495. The van der Waals surface area contributed by atoms with Crippen LogP contribution in [-0.4, -0.2) is 23.5 Å². The number of amides is 2. The van der Waals surface area contributed by atoms with Crippen LogP contribution in [0.3, 0.4) is 0 Å². The highest BCUT2D eigenvalue weighted by Gasteiger charge is 2.15. The van der Waals surface area contributed by atoms with Crippen LogP contribution in [0.5, 0.6) is 11.5 Å². The molecule has 6 nitrogen and oxygen atoms in total. The van der Waals surface area contributed by atoms with Gasteiger partial charge in [-0.3, -0.25) is 9.59 Å². The predicted molar refractivity (Wildman–Crippen MR) is 121 cm³/mol. The maximum Gasteiger partial charge on any atom is 0.272 e. The number of aromatic hydroxyl groups is 1. The number of phenols is 1. The summed E-state index contributed by atoms with van der Waals surface area (Å²) in [5.74, 6) is -0.171. The third-order valence-electron chi connectivity index (χ3n) is 4.41. The van der Waals surface area contributed by atoms with Gasteiger partial charge in [0.2, 0.25) is 0 Å². The van der Waals surface area contributed by atoms with E-state index in [0.717, 1.165) is 5.56 Å². The summed E-state index contributed by atoms with van der Waals surface area (Å²) in [6, 6.07) is 20.4. The fourth-order valence-electron chi connectivity index (χ4n) is 2.83. The molecule has 0 aliphatic rings. The van der Waals surface area contributed by atoms with Gasteiger partial charge in [-0.1, -0.05) is 35.9 Å². The summed E-state index contributed by atoms with van der Waals surface area (Å²) in [6.45, 7) is 4.39. The van der Waals surface area contributed by atoms with Crippen molar-refractivity contribution in [2.75, 3.05) is 11.9 Å². The molecule has 6 heteroatoms. The molecule has 0 aliphatic carbocycles. The van der Waals surface area contributed by atoms with Crippen molar-refractivity contribution in [3.05, 3.63) is 95.2 Å². The molecular weight excluding hydrogens is 392 g/mol. The lowest BCUT2D eigenvalue weighted by Crippen LogP contribution is -2.30. The first-order valence-electron chi connectivity index (χ1n) is 9.87. The summed E-state index contributed by atoms with van der Waals surface area (Å²) in [4.78, 5) is 25.6. The average Bonchev–Trinajstić information content (AvgIpc) is 2.75. The van der Waals surface area contributed by atoms with Gasteiger partial charge in [0.15, 0.2) is 0 Å². The zero-order valence-corrected chi connectivity index (χ0v) is 17.4. The van der Waals surface area contributed by atoms with E-state index in [0.29, 0.717) is 29.2 Å². The van der Waals surface area contributed by atoms with Gasteiger partial charge < -0.3 is 20.5 Å². The number of hydrogen-bond donors (Lipinski definition) is 3. The van der Waals surface area contributed by atoms with E-state index in [2.05, 4.69) is 10.6 Å². The Hall–Kier alpha value is -4.06. The van der Waals surface area contributed by atoms with Crippen molar-refractivity contribution >= 4 is 23.6 Å². The van der Waals surface area contributed by atoms with E-state index < -0.39 is 11.8 Å². The summed E-state index contributed by atoms with van der Waals surface area (Å²) in [5.41, 5.74) is 2.66. The lowest BCUT2D eigenvalue weighted by atomic mass is 10.1. The van der Waals surface area contributed by atoms with E-state index in [1.165, 1.54) is 12.1 Å². The van der Waals surface area contributed by atoms with E-state index in [1.807, 2.05) is 26.0 Å². The molecule has 0 atom stereocenters. The molecule has 2 amide bonds.